The highest BCUT2D eigenvalue weighted by molar-refractivity contribution is 7.26. The molecule has 0 amide bonds. The lowest BCUT2D eigenvalue weighted by Crippen LogP contribution is -2.25. The minimum atomic E-state index is -0.383. The molecule has 15 aromatic rings. The summed E-state index contributed by atoms with van der Waals surface area (Å²) in [4.78, 5) is 16.6. The Morgan fingerprint density at radius 1 is 0.303 bits per heavy atom. The van der Waals surface area contributed by atoms with Crippen molar-refractivity contribution in [2.75, 3.05) is 0 Å². The molecular weight excluding hydrogens is 947 g/mol. The smallest absolute Gasteiger partial charge is 0.165 e. The first kappa shape index (κ1) is 41.7. The fourth-order valence-corrected chi connectivity index (χ4v) is 14.2. The van der Waals surface area contributed by atoms with E-state index in [1.807, 2.05) is 36.4 Å². The van der Waals surface area contributed by atoms with Gasteiger partial charge in [-0.15, -0.1) is 11.3 Å². The maximum Gasteiger partial charge on any atom is 0.165 e. The first-order valence-electron chi connectivity index (χ1n) is 25.7. The number of hydrogen-bond donors (Lipinski definition) is 0. The number of thiophene rings is 1. The zero-order chi connectivity index (χ0) is 49.6. The van der Waals surface area contributed by atoms with Crippen LogP contribution in [-0.2, 0) is 5.41 Å². The minimum absolute atomic E-state index is 0.383. The predicted molar refractivity (Wildman–Crippen MR) is 311 cm³/mol. The van der Waals surface area contributed by atoms with Crippen LogP contribution in [-0.4, -0.2) is 15.0 Å². The van der Waals surface area contributed by atoms with Gasteiger partial charge in [0, 0.05) is 58.4 Å². The number of rotatable bonds is 5. The zero-order valence-electron chi connectivity index (χ0n) is 40.6. The number of nitrogens with zero attached hydrogens (tertiary/aromatic N) is 3. The Labute approximate surface area is 439 Å². The first-order chi connectivity index (χ1) is 37.7. The molecule has 0 atom stereocenters. The van der Waals surface area contributed by atoms with Crippen molar-refractivity contribution in [1.29, 1.82) is 0 Å². The normalized spacial score (nSPS) is 13.1. The third-order valence-electron chi connectivity index (χ3n) is 16.2. The summed E-state index contributed by atoms with van der Waals surface area (Å²) >= 11 is 1.77. The topological polar surface area (TPSA) is 65.0 Å². The molecule has 0 fully saturated rings. The van der Waals surface area contributed by atoms with Crippen molar-refractivity contribution in [3.05, 3.63) is 259 Å². The lowest BCUT2D eigenvalue weighted by Gasteiger charge is -2.30. The van der Waals surface area contributed by atoms with Crippen LogP contribution in [0.1, 0.15) is 22.3 Å². The summed E-state index contributed by atoms with van der Waals surface area (Å²) < 4.78 is 15.5. The maximum absolute atomic E-state index is 6.65. The molecule has 2 aliphatic carbocycles. The fraction of sp³-hybridized carbons (Fsp3) is 0.0143. The summed E-state index contributed by atoms with van der Waals surface area (Å²) in [6.45, 7) is 0. The molecular formula is C70H39N3O2S. The van der Waals surface area contributed by atoms with Gasteiger partial charge in [0.2, 0.25) is 0 Å². The standard InChI is InChI=1S/C70H39N3O2S/c1-7-24-54-44(15-1)45-16-2-8-25-55(45)70(54)56-26-9-3-17-46(56)53-39-42(35-37-57(53)70)40-31-33-41(34-32-40)43-36-38-61-64(50-20-5-11-28-59(50)75-61)65(43)69-72-67(51-22-14-29-60-63(51)49-19-4-10-27-58(49)74-60)71-68(73-69)52-23-13-21-48-47-18-6-12-30-62(47)76-66(48)52/h1-39H. The van der Waals surface area contributed by atoms with E-state index in [4.69, 9.17) is 23.8 Å². The van der Waals surface area contributed by atoms with E-state index >= 15 is 0 Å². The molecule has 17 rings (SSSR count). The van der Waals surface area contributed by atoms with Gasteiger partial charge in [-0.3, -0.25) is 0 Å². The van der Waals surface area contributed by atoms with E-state index in [1.165, 1.54) is 60.0 Å². The van der Waals surface area contributed by atoms with E-state index in [0.717, 1.165) is 87.5 Å². The highest BCUT2D eigenvalue weighted by atomic mass is 32.1. The quantitative estimate of drug-likeness (QED) is 0.172. The number of furan rings is 2. The molecule has 0 N–H and O–H groups in total. The molecule has 4 aromatic heterocycles. The molecule has 6 heteroatoms. The second-order valence-corrected chi connectivity index (χ2v) is 21.1. The van der Waals surface area contributed by atoms with Crippen LogP contribution in [0.2, 0.25) is 0 Å². The summed E-state index contributed by atoms with van der Waals surface area (Å²) in [5.41, 5.74) is 20.3. The number of aromatic nitrogens is 3. The lowest BCUT2D eigenvalue weighted by atomic mass is 9.70. The van der Waals surface area contributed by atoms with Gasteiger partial charge in [-0.05, 0) is 115 Å². The van der Waals surface area contributed by atoms with E-state index in [0.29, 0.717) is 17.5 Å². The average Bonchev–Trinajstić information content (AvgIpc) is 4.32. The lowest BCUT2D eigenvalue weighted by molar-refractivity contribution is 0.668. The highest BCUT2D eigenvalue weighted by Gasteiger charge is 2.51. The van der Waals surface area contributed by atoms with Crippen LogP contribution in [0.5, 0.6) is 0 Å². The Morgan fingerprint density at radius 2 is 0.789 bits per heavy atom. The van der Waals surface area contributed by atoms with Crippen LogP contribution in [0.3, 0.4) is 0 Å². The van der Waals surface area contributed by atoms with Crippen LogP contribution in [0.4, 0.5) is 0 Å². The summed E-state index contributed by atoms with van der Waals surface area (Å²) in [6, 6.07) is 85.0. The molecule has 76 heavy (non-hydrogen) atoms. The third-order valence-corrected chi connectivity index (χ3v) is 17.4. The summed E-state index contributed by atoms with van der Waals surface area (Å²) in [5, 5.41) is 6.31. The largest absolute Gasteiger partial charge is 0.456 e. The number of fused-ring (bicyclic) bond motifs is 19. The van der Waals surface area contributed by atoms with Gasteiger partial charge < -0.3 is 8.83 Å². The number of para-hydroxylation sites is 2. The van der Waals surface area contributed by atoms with Gasteiger partial charge in [-0.2, -0.15) is 0 Å². The first-order valence-corrected chi connectivity index (χ1v) is 26.6. The molecule has 11 aromatic carbocycles. The van der Waals surface area contributed by atoms with E-state index in [-0.39, 0.29) is 5.41 Å². The molecule has 0 saturated carbocycles. The van der Waals surface area contributed by atoms with Gasteiger partial charge in [-0.25, -0.2) is 15.0 Å². The van der Waals surface area contributed by atoms with Gasteiger partial charge in [0.15, 0.2) is 17.5 Å². The van der Waals surface area contributed by atoms with Crippen molar-refractivity contribution in [2.45, 2.75) is 5.41 Å². The summed E-state index contributed by atoms with van der Waals surface area (Å²) in [6.07, 6.45) is 0. The Balaban J connectivity index is 0.869. The second kappa shape index (κ2) is 15.6. The van der Waals surface area contributed by atoms with E-state index in [1.54, 1.807) is 11.3 Å². The van der Waals surface area contributed by atoms with Gasteiger partial charge in [0.1, 0.15) is 22.3 Å². The second-order valence-electron chi connectivity index (χ2n) is 20.0. The minimum Gasteiger partial charge on any atom is -0.456 e. The van der Waals surface area contributed by atoms with Crippen LogP contribution in [0.25, 0.3) is 143 Å². The molecule has 1 spiro atoms. The van der Waals surface area contributed by atoms with E-state index < -0.39 is 0 Å². The van der Waals surface area contributed by atoms with Crippen molar-refractivity contribution in [1.82, 2.24) is 15.0 Å². The van der Waals surface area contributed by atoms with Crippen LogP contribution in [0.15, 0.2) is 245 Å². The Morgan fingerprint density at radius 3 is 1.51 bits per heavy atom. The van der Waals surface area contributed by atoms with Crippen LogP contribution in [0, 0.1) is 0 Å². The predicted octanol–water partition coefficient (Wildman–Crippen LogP) is 18.7. The summed E-state index contributed by atoms with van der Waals surface area (Å²) in [5.74, 6) is 1.71. The number of benzene rings is 11. The molecule has 352 valence electrons. The summed E-state index contributed by atoms with van der Waals surface area (Å²) in [7, 11) is 0. The van der Waals surface area contributed by atoms with Gasteiger partial charge in [0.25, 0.3) is 0 Å². The Hall–Kier alpha value is -9.75. The number of hydrogen-bond acceptors (Lipinski definition) is 6. The highest BCUT2D eigenvalue weighted by Crippen LogP contribution is 2.63. The van der Waals surface area contributed by atoms with Gasteiger partial charge in [0.05, 0.1) is 5.41 Å². The average molecular weight is 986 g/mol. The van der Waals surface area contributed by atoms with Gasteiger partial charge >= 0.3 is 0 Å². The molecule has 0 saturated heterocycles. The third kappa shape index (κ3) is 5.71. The van der Waals surface area contributed by atoms with E-state index in [2.05, 4.69) is 200 Å². The van der Waals surface area contributed by atoms with Crippen LogP contribution < -0.4 is 0 Å². The van der Waals surface area contributed by atoms with Crippen molar-refractivity contribution in [3.8, 4) is 78.7 Å². The SMILES string of the molecule is c1ccc2c(c1)-c1ccccc1C21c2ccccc2-c2cc(-c3ccc(-c4ccc5oc6ccccc6c5c4-c4nc(-c5cccc6c5sc5ccccc56)nc(-c5cccc6oc7ccccc7c56)n4)cc3)ccc21. The Bertz CT molecular complexity index is 4920. The Kier molecular flexibility index (Phi) is 8.58. The molecule has 4 heterocycles. The zero-order valence-corrected chi connectivity index (χ0v) is 41.4. The maximum atomic E-state index is 6.65. The molecule has 0 bridgehead atoms. The molecule has 0 radical (unpaired) electrons. The molecule has 2 aliphatic rings. The van der Waals surface area contributed by atoms with Crippen LogP contribution >= 0.6 is 11.3 Å². The molecule has 0 aliphatic heterocycles. The molecule has 5 nitrogen and oxygen atoms in total. The van der Waals surface area contributed by atoms with Crippen molar-refractivity contribution >= 4 is 75.4 Å². The van der Waals surface area contributed by atoms with Crippen molar-refractivity contribution in [3.63, 3.8) is 0 Å². The monoisotopic (exact) mass is 985 g/mol. The van der Waals surface area contributed by atoms with Crippen molar-refractivity contribution in [2.24, 2.45) is 0 Å². The van der Waals surface area contributed by atoms with E-state index in [9.17, 15) is 0 Å². The fourth-order valence-electron chi connectivity index (χ4n) is 13.0. The van der Waals surface area contributed by atoms with Gasteiger partial charge in [-0.1, -0.05) is 188 Å². The van der Waals surface area contributed by atoms with Crippen molar-refractivity contribution < 1.29 is 8.83 Å². The molecule has 0 unspecified atom stereocenters.